The summed E-state index contributed by atoms with van der Waals surface area (Å²) in [5, 5.41) is 0. The van der Waals surface area contributed by atoms with Gasteiger partial charge < -0.3 is 0 Å². The van der Waals surface area contributed by atoms with Gasteiger partial charge in [-0.3, -0.25) is 0 Å². The van der Waals surface area contributed by atoms with Gasteiger partial charge in [0.05, 0.1) is 0 Å². The van der Waals surface area contributed by atoms with Gasteiger partial charge in [-0.25, -0.2) is 0 Å². The third-order valence-electron chi connectivity index (χ3n) is 3.44. The largest absolute Gasteiger partial charge is 0.0654 e. The van der Waals surface area contributed by atoms with Gasteiger partial charge in [0.1, 0.15) is 0 Å². The maximum atomic E-state index is 2.30. The van der Waals surface area contributed by atoms with E-state index in [4.69, 9.17) is 0 Å². The van der Waals surface area contributed by atoms with Crippen LogP contribution in [0, 0.1) is 0 Å². The minimum absolute atomic E-state index is 0.159. The van der Waals surface area contributed by atoms with Gasteiger partial charge in [0.15, 0.2) is 0 Å². The van der Waals surface area contributed by atoms with Crippen LogP contribution >= 0.6 is 0 Å². The van der Waals surface area contributed by atoms with E-state index in [1.807, 2.05) is 0 Å². The van der Waals surface area contributed by atoms with Crippen molar-refractivity contribution in [2.45, 2.75) is 82.8 Å². The average molecular weight is 211 g/mol. The molecule has 0 aliphatic carbocycles. The van der Waals surface area contributed by atoms with Crippen LogP contribution in [0.15, 0.2) is 0 Å². The predicted octanol–water partition coefficient (Wildman–Crippen LogP) is 5.03. The van der Waals surface area contributed by atoms with E-state index in [1.54, 1.807) is 37.4 Å². The van der Waals surface area contributed by atoms with Crippen LogP contribution in [0.5, 0.6) is 0 Å². The second-order valence-electron chi connectivity index (χ2n) is 4.83. The Kier molecular flexibility index (Phi) is 7.48. The van der Waals surface area contributed by atoms with Gasteiger partial charge in [0.2, 0.25) is 0 Å². The smallest absolute Gasteiger partial charge is 0.0479 e. The van der Waals surface area contributed by atoms with E-state index in [1.165, 1.54) is 38.5 Å². The van der Waals surface area contributed by atoms with Crippen molar-refractivity contribution in [3.05, 3.63) is 0 Å². The van der Waals surface area contributed by atoms with Crippen molar-refractivity contribution in [1.82, 2.24) is 0 Å². The van der Waals surface area contributed by atoms with Crippen molar-refractivity contribution < 1.29 is 0 Å². The summed E-state index contributed by atoms with van der Waals surface area (Å²) < 4.78 is 0. The lowest BCUT2D eigenvalue weighted by molar-refractivity contribution is 0.620. The monoisotopic (exact) mass is 211 g/mol. The fourth-order valence-corrected chi connectivity index (χ4v) is 5.46. The lowest BCUT2D eigenvalue weighted by Gasteiger charge is -2.19. The second kappa shape index (κ2) is 8.52. The third kappa shape index (κ3) is 5.84. The molecule has 1 heteroatoms. The Morgan fingerprint density at radius 1 is 0.786 bits per heavy atom. The first-order valence-corrected chi connectivity index (χ1v) is 8.89. The van der Waals surface area contributed by atoms with Crippen LogP contribution in [0.25, 0.3) is 0 Å². The van der Waals surface area contributed by atoms with Crippen molar-refractivity contribution in [2.75, 3.05) is 0 Å². The normalized spacial score (nSPS) is 18.6. The minimum Gasteiger partial charge on any atom is -0.0654 e. The van der Waals surface area contributed by atoms with Gasteiger partial charge in [0, 0.05) is 8.80 Å². The molecule has 0 nitrogen and oxygen atoms in total. The topological polar surface area (TPSA) is 0 Å². The molecule has 1 aliphatic heterocycles. The molecule has 1 rings (SSSR count). The van der Waals surface area contributed by atoms with Crippen LogP contribution in [0.2, 0.25) is 18.1 Å². The zero-order valence-corrected chi connectivity index (χ0v) is 11.0. The Labute approximate surface area is 92.1 Å². The van der Waals surface area contributed by atoms with E-state index in [2.05, 4.69) is 6.92 Å². The molecule has 0 aromatic carbocycles. The summed E-state index contributed by atoms with van der Waals surface area (Å²) in [6, 6.07) is 4.91. The quantitative estimate of drug-likeness (QED) is 0.409. The number of hydrogen-bond donors (Lipinski definition) is 0. The van der Waals surface area contributed by atoms with E-state index in [9.17, 15) is 0 Å². The van der Waals surface area contributed by atoms with Crippen molar-refractivity contribution in [3.63, 3.8) is 0 Å². The summed E-state index contributed by atoms with van der Waals surface area (Å²) in [6.07, 6.45) is 13.6. The number of hydrogen-bond acceptors (Lipinski definition) is 0. The Morgan fingerprint density at radius 3 is 2.14 bits per heavy atom. The molecule has 0 saturated carbocycles. The summed E-state index contributed by atoms with van der Waals surface area (Å²) in [6.45, 7) is 2.30. The Balaban J connectivity index is 1.82. The maximum Gasteiger partial charge on any atom is 0.0479 e. The van der Waals surface area contributed by atoms with E-state index in [-0.39, 0.29) is 8.80 Å². The van der Waals surface area contributed by atoms with Crippen molar-refractivity contribution in [3.8, 4) is 0 Å². The molecule has 0 N–H and O–H groups in total. The molecule has 0 aromatic rings. The first kappa shape index (κ1) is 12.3. The van der Waals surface area contributed by atoms with Gasteiger partial charge >= 0.3 is 0 Å². The molecule has 1 aliphatic rings. The zero-order chi connectivity index (χ0) is 10.1. The van der Waals surface area contributed by atoms with E-state index < -0.39 is 0 Å². The van der Waals surface area contributed by atoms with E-state index >= 15 is 0 Å². The molecule has 1 heterocycles. The highest BCUT2D eigenvalue weighted by atomic mass is 28.3. The van der Waals surface area contributed by atoms with Gasteiger partial charge in [-0.1, -0.05) is 82.8 Å². The van der Waals surface area contributed by atoms with Crippen LogP contribution in [-0.2, 0) is 0 Å². The zero-order valence-electron chi connectivity index (χ0n) is 9.99. The minimum atomic E-state index is 0.159. The summed E-state index contributed by atoms with van der Waals surface area (Å²) in [5.74, 6) is 0. The first-order chi connectivity index (χ1) is 6.93. The number of rotatable bonds is 7. The summed E-state index contributed by atoms with van der Waals surface area (Å²) in [5.41, 5.74) is 0. The summed E-state index contributed by atoms with van der Waals surface area (Å²) >= 11 is 0. The van der Waals surface area contributed by atoms with Crippen LogP contribution in [0.1, 0.15) is 64.7 Å². The SMILES string of the molecule is CCCCCCCC[Si]1CCCCC1. The molecule has 0 atom stereocenters. The molecule has 0 bridgehead atoms. The van der Waals surface area contributed by atoms with Crippen molar-refractivity contribution in [2.24, 2.45) is 0 Å². The molecular formula is C13H27Si. The molecule has 0 unspecified atom stereocenters. The van der Waals surface area contributed by atoms with Crippen LogP contribution in [0.4, 0.5) is 0 Å². The highest BCUT2D eigenvalue weighted by Crippen LogP contribution is 2.23. The van der Waals surface area contributed by atoms with Crippen LogP contribution in [-0.4, -0.2) is 8.80 Å². The van der Waals surface area contributed by atoms with Gasteiger partial charge in [0.25, 0.3) is 0 Å². The fraction of sp³-hybridized carbons (Fsp3) is 1.00. The van der Waals surface area contributed by atoms with Crippen LogP contribution in [0.3, 0.4) is 0 Å². The van der Waals surface area contributed by atoms with Gasteiger partial charge in [-0.15, -0.1) is 0 Å². The van der Waals surface area contributed by atoms with Gasteiger partial charge in [-0.2, -0.15) is 0 Å². The molecule has 1 saturated heterocycles. The number of unbranched alkanes of at least 4 members (excludes halogenated alkanes) is 5. The molecule has 14 heavy (non-hydrogen) atoms. The summed E-state index contributed by atoms with van der Waals surface area (Å²) in [7, 11) is 0.159. The first-order valence-electron chi connectivity index (χ1n) is 6.77. The molecule has 83 valence electrons. The third-order valence-corrected chi connectivity index (χ3v) is 6.63. The summed E-state index contributed by atoms with van der Waals surface area (Å²) in [4.78, 5) is 0. The average Bonchev–Trinajstić information content (AvgIpc) is 2.25. The van der Waals surface area contributed by atoms with Crippen LogP contribution < -0.4 is 0 Å². The molecule has 0 amide bonds. The Bertz CT molecular complexity index is 116. The second-order valence-corrected chi connectivity index (χ2v) is 7.83. The standard InChI is InChI=1S/C13H27Si/c1-2-3-4-5-6-8-11-14-12-9-7-10-13-14/h2-13H2,1H3. The molecule has 0 aromatic heterocycles. The predicted molar refractivity (Wildman–Crippen MR) is 67.4 cm³/mol. The van der Waals surface area contributed by atoms with Crippen molar-refractivity contribution >= 4 is 8.80 Å². The Morgan fingerprint density at radius 2 is 1.43 bits per heavy atom. The fourth-order valence-electron chi connectivity index (χ4n) is 2.46. The van der Waals surface area contributed by atoms with E-state index in [0.29, 0.717) is 0 Å². The van der Waals surface area contributed by atoms with E-state index in [0.717, 1.165) is 0 Å². The van der Waals surface area contributed by atoms with Gasteiger partial charge in [-0.05, 0) is 0 Å². The molecule has 1 fully saturated rings. The maximum absolute atomic E-state index is 2.30. The molecule has 1 radical (unpaired) electrons. The molecule has 0 spiro atoms. The lowest BCUT2D eigenvalue weighted by atomic mass is 10.1. The highest BCUT2D eigenvalue weighted by Gasteiger charge is 2.14. The molecular weight excluding hydrogens is 184 g/mol. The lowest BCUT2D eigenvalue weighted by Crippen LogP contribution is -2.15. The highest BCUT2D eigenvalue weighted by molar-refractivity contribution is 6.58. The Hall–Kier alpha value is 0.217. The van der Waals surface area contributed by atoms with Crippen molar-refractivity contribution in [1.29, 1.82) is 0 Å².